The van der Waals surface area contributed by atoms with Gasteiger partial charge in [-0.2, -0.15) is 0 Å². The predicted octanol–water partition coefficient (Wildman–Crippen LogP) is 1.29. The van der Waals surface area contributed by atoms with E-state index in [-0.39, 0.29) is 36.6 Å². The van der Waals surface area contributed by atoms with Gasteiger partial charge in [0.2, 0.25) is 17.6 Å². The fourth-order valence-corrected chi connectivity index (χ4v) is 3.83. The van der Waals surface area contributed by atoms with Gasteiger partial charge in [0.1, 0.15) is 0 Å². The van der Waals surface area contributed by atoms with Gasteiger partial charge in [-0.15, -0.1) is 12.4 Å². The molecule has 2 heterocycles. The molecule has 3 rings (SSSR count). The average molecular weight is 414 g/mol. The SMILES string of the molecule is COc1cc(N2CC(C(=O)N3CCC(CN)C3)CC2=O)cc(OC)c1OC.Cl. The normalized spacial score (nSPS) is 21.5. The minimum atomic E-state index is -0.340. The summed E-state index contributed by atoms with van der Waals surface area (Å²) in [6.07, 6.45) is 1.14. The number of benzene rings is 1. The van der Waals surface area contributed by atoms with E-state index in [1.807, 2.05) is 4.90 Å². The Morgan fingerprint density at radius 3 is 2.29 bits per heavy atom. The second kappa shape index (κ2) is 9.34. The molecule has 0 aromatic heterocycles. The van der Waals surface area contributed by atoms with Crippen LogP contribution in [0.3, 0.4) is 0 Å². The fraction of sp³-hybridized carbons (Fsp3) is 0.579. The molecule has 2 saturated heterocycles. The number of ether oxygens (including phenoxy) is 3. The number of hydrogen-bond donors (Lipinski definition) is 1. The van der Waals surface area contributed by atoms with Crippen LogP contribution in [-0.4, -0.2) is 64.2 Å². The maximum absolute atomic E-state index is 12.8. The predicted molar refractivity (Wildman–Crippen MR) is 108 cm³/mol. The van der Waals surface area contributed by atoms with Crippen molar-refractivity contribution in [2.45, 2.75) is 12.8 Å². The third kappa shape index (κ3) is 4.12. The molecular weight excluding hydrogens is 386 g/mol. The summed E-state index contributed by atoms with van der Waals surface area (Å²) in [7, 11) is 4.58. The molecule has 2 aliphatic heterocycles. The van der Waals surface area contributed by atoms with Crippen molar-refractivity contribution in [1.82, 2.24) is 4.90 Å². The molecule has 1 aromatic rings. The van der Waals surface area contributed by atoms with Gasteiger partial charge in [-0.3, -0.25) is 9.59 Å². The van der Waals surface area contributed by atoms with Gasteiger partial charge < -0.3 is 29.7 Å². The van der Waals surface area contributed by atoms with E-state index in [4.69, 9.17) is 19.9 Å². The monoisotopic (exact) mass is 413 g/mol. The quantitative estimate of drug-likeness (QED) is 0.755. The summed E-state index contributed by atoms with van der Waals surface area (Å²) in [5.41, 5.74) is 6.34. The van der Waals surface area contributed by atoms with Crippen LogP contribution in [0.25, 0.3) is 0 Å². The van der Waals surface area contributed by atoms with Crippen molar-refractivity contribution >= 4 is 29.9 Å². The molecular formula is C19H28ClN3O5. The third-order valence-corrected chi connectivity index (χ3v) is 5.37. The van der Waals surface area contributed by atoms with Gasteiger partial charge in [0.15, 0.2) is 11.5 Å². The third-order valence-electron chi connectivity index (χ3n) is 5.37. The van der Waals surface area contributed by atoms with Crippen LogP contribution in [0, 0.1) is 11.8 Å². The lowest BCUT2D eigenvalue weighted by Gasteiger charge is -2.22. The van der Waals surface area contributed by atoms with Crippen molar-refractivity contribution in [1.29, 1.82) is 0 Å². The number of rotatable bonds is 6. The highest BCUT2D eigenvalue weighted by Gasteiger charge is 2.39. The highest BCUT2D eigenvalue weighted by molar-refractivity contribution is 6.00. The number of carbonyl (C=O) groups is 2. The first kappa shape index (κ1) is 22.1. The summed E-state index contributed by atoms with van der Waals surface area (Å²) in [6, 6.07) is 3.46. The van der Waals surface area contributed by atoms with E-state index >= 15 is 0 Å². The Labute approximate surface area is 171 Å². The Kier molecular flexibility index (Phi) is 7.37. The van der Waals surface area contributed by atoms with Gasteiger partial charge in [-0.1, -0.05) is 0 Å². The van der Waals surface area contributed by atoms with E-state index < -0.39 is 0 Å². The highest BCUT2D eigenvalue weighted by Crippen LogP contribution is 2.42. The summed E-state index contributed by atoms with van der Waals surface area (Å²) >= 11 is 0. The van der Waals surface area contributed by atoms with Gasteiger partial charge >= 0.3 is 0 Å². The summed E-state index contributed by atoms with van der Waals surface area (Å²) in [5.74, 6) is 1.38. The highest BCUT2D eigenvalue weighted by atomic mass is 35.5. The van der Waals surface area contributed by atoms with Crippen LogP contribution in [0.4, 0.5) is 5.69 Å². The molecule has 0 radical (unpaired) electrons. The average Bonchev–Trinajstić information content (AvgIpc) is 3.32. The maximum atomic E-state index is 12.8. The zero-order chi connectivity index (χ0) is 19.6. The molecule has 2 fully saturated rings. The number of carbonyl (C=O) groups excluding carboxylic acids is 2. The lowest BCUT2D eigenvalue weighted by Crippen LogP contribution is -2.36. The van der Waals surface area contributed by atoms with Crippen LogP contribution in [0.2, 0.25) is 0 Å². The maximum Gasteiger partial charge on any atom is 0.228 e. The number of amides is 2. The first-order valence-electron chi connectivity index (χ1n) is 9.11. The van der Waals surface area contributed by atoms with Crippen LogP contribution in [0.15, 0.2) is 12.1 Å². The summed E-state index contributed by atoms with van der Waals surface area (Å²) < 4.78 is 16.1. The van der Waals surface area contributed by atoms with Gasteiger partial charge in [0.05, 0.1) is 32.9 Å². The molecule has 0 saturated carbocycles. The molecule has 28 heavy (non-hydrogen) atoms. The first-order chi connectivity index (χ1) is 13.0. The second-order valence-electron chi connectivity index (χ2n) is 6.96. The lowest BCUT2D eigenvalue weighted by atomic mass is 10.1. The Morgan fingerprint density at radius 2 is 1.79 bits per heavy atom. The fourth-order valence-electron chi connectivity index (χ4n) is 3.83. The van der Waals surface area contributed by atoms with Crippen LogP contribution < -0.4 is 24.8 Å². The van der Waals surface area contributed by atoms with Crippen LogP contribution in [0.5, 0.6) is 17.2 Å². The lowest BCUT2D eigenvalue weighted by molar-refractivity contribution is -0.134. The van der Waals surface area contributed by atoms with E-state index in [0.29, 0.717) is 48.5 Å². The van der Waals surface area contributed by atoms with E-state index in [2.05, 4.69) is 0 Å². The number of halogens is 1. The molecule has 0 aliphatic carbocycles. The molecule has 0 spiro atoms. The first-order valence-corrected chi connectivity index (χ1v) is 9.11. The van der Waals surface area contributed by atoms with Gasteiger partial charge in [-0.05, 0) is 18.9 Å². The Morgan fingerprint density at radius 1 is 1.14 bits per heavy atom. The summed E-state index contributed by atoms with van der Waals surface area (Å²) in [6.45, 7) is 2.34. The Bertz CT molecular complexity index is 705. The minimum Gasteiger partial charge on any atom is -0.493 e. The number of hydrogen-bond acceptors (Lipinski definition) is 6. The number of anilines is 1. The van der Waals surface area contributed by atoms with Gasteiger partial charge in [0.25, 0.3) is 0 Å². The molecule has 8 nitrogen and oxygen atoms in total. The Balaban J connectivity index is 0.00000280. The molecule has 1 aromatic carbocycles. The van der Waals surface area contributed by atoms with E-state index in [1.54, 1.807) is 17.0 Å². The van der Waals surface area contributed by atoms with Gasteiger partial charge in [-0.25, -0.2) is 0 Å². The molecule has 2 N–H and O–H groups in total. The van der Waals surface area contributed by atoms with E-state index in [1.165, 1.54) is 21.3 Å². The number of nitrogens with zero attached hydrogens (tertiary/aromatic N) is 2. The van der Waals surface area contributed by atoms with Crippen molar-refractivity contribution in [2.75, 3.05) is 52.4 Å². The summed E-state index contributed by atoms with van der Waals surface area (Å²) in [4.78, 5) is 28.9. The number of methoxy groups -OCH3 is 3. The molecule has 2 unspecified atom stereocenters. The molecule has 0 bridgehead atoms. The van der Waals surface area contributed by atoms with Crippen LogP contribution in [-0.2, 0) is 9.59 Å². The van der Waals surface area contributed by atoms with Crippen molar-refractivity contribution < 1.29 is 23.8 Å². The molecule has 2 amide bonds. The molecule has 9 heteroatoms. The summed E-state index contributed by atoms with van der Waals surface area (Å²) in [5, 5.41) is 0. The van der Waals surface area contributed by atoms with Crippen molar-refractivity contribution in [3.05, 3.63) is 12.1 Å². The van der Waals surface area contributed by atoms with E-state index in [0.717, 1.165) is 13.0 Å². The zero-order valence-corrected chi connectivity index (χ0v) is 17.3. The largest absolute Gasteiger partial charge is 0.493 e. The minimum absolute atomic E-state index is 0. The van der Waals surface area contributed by atoms with Gasteiger partial charge in [0, 0.05) is 38.2 Å². The molecule has 2 atom stereocenters. The van der Waals surface area contributed by atoms with E-state index in [9.17, 15) is 9.59 Å². The standard InChI is InChI=1S/C19H27N3O5.ClH/c1-25-15-7-14(8-16(26-2)18(15)27-3)22-11-13(6-17(22)23)19(24)21-5-4-12(9-20)10-21;/h7-8,12-13H,4-6,9-11,20H2,1-3H3;1H. The topological polar surface area (TPSA) is 94.3 Å². The second-order valence-corrected chi connectivity index (χ2v) is 6.96. The smallest absolute Gasteiger partial charge is 0.228 e. The van der Waals surface area contributed by atoms with Crippen molar-refractivity contribution in [3.8, 4) is 17.2 Å². The van der Waals surface area contributed by atoms with Crippen LogP contribution >= 0.6 is 12.4 Å². The zero-order valence-electron chi connectivity index (χ0n) is 16.5. The molecule has 156 valence electrons. The Hall–Kier alpha value is -2.19. The molecule has 2 aliphatic rings. The van der Waals surface area contributed by atoms with Crippen molar-refractivity contribution in [2.24, 2.45) is 17.6 Å². The number of nitrogens with two attached hydrogens (primary N) is 1. The van der Waals surface area contributed by atoms with Crippen molar-refractivity contribution in [3.63, 3.8) is 0 Å². The number of likely N-dealkylation sites (tertiary alicyclic amines) is 1. The van der Waals surface area contributed by atoms with Crippen LogP contribution in [0.1, 0.15) is 12.8 Å².